The molecule has 0 aromatic carbocycles. The fourth-order valence-corrected chi connectivity index (χ4v) is 1.65. The third-order valence-corrected chi connectivity index (χ3v) is 2.46. The Hall–Kier alpha value is -1.29. The second-order valence-corrected chi connectivity index (χ2v) is 3.96. The number of aromatic nitrogens is 1. The van der Waals surface area contributed by atoms with E-state index in [1.807, 2.05) is 27.9 Å². The van der Waals surface area contributed by atoms with E-state index in [2.05, 4.69) is 9.88 Å². The molecule has 4 nitrogen and oxygen atoms in total. The molecule has 1 N–H and O–H groups in total. The largest absolute Gasteiger partial charge is 0.464 e. The van der Waals surface area contributed by atoms with Crippen molar-refractivity contribution in [3.8, 4) is 0 Å². The molecule has 0 fully saturated rings. The number of aromatic amines is 1. The van der Waals surface area contributed by atoms with Crippen LogP contribution in [0, 0.1) is 13.8 Å². The van der Waals surface area contributed by atoms with Gasteiger partial charge < -0.3 is 14.6 Å². The van der Waals surface area contributed by atoms with Gasteiger partial charge in [-0.3, -0.25) is 0 Å². The van der Waals surface area contributed by atoms with E-state index in [0.29, 0.717) is 5.69 Å². The normalized spacial score (nSPS) is 10.8. The number of hydrogen-bond donors (Lipinski definition) is 1. The van der Waals surface area contributed by atoms with Crippen LogP contribution in [-0.2, 0) is 11.3 Å². The SMILES string of the molecule is COC(=O)c1[nH]c(C)c(CN(C)C)c1C. The van der Waals surface area contributed by atoms with Crippen molar-refractivity contribution in [1.82, 2.24) is 9.88 Å². The highest BCUT2D eigenvalue weighted by molar-refractivity contribution is 5.89. The Balaban J connectivity index is 3.08. The van der Waals surface area contributed by atoms with Crippen LogP contribution in [0.2, 0.25) is 0 Å². The van der Waals surface area contributed by atoms with Crippen LogP contribution < -0.4 is 0 Å². The van der Waals surface area contributed by atoms with Gasteiger partial charge in [0.05, 0.1) is 7.11 Å². The molecule has 0 aliphatic heterocycles. The lowest BCUT2D eigenvalue weighted by Crippen LogP contribution is -2.12. The number of carbonyl (C=O) groups is 1. The molecule has 0 radical (unpaired) electrons. The molecule has 0 aliphatic rings. The summed E-state index contributed by atoms with van der Waals surface area (Å²) >= 11 is 0. The summed E-state index contributed by atoms with van der Waals surface area (Å²) in [7, 11) is 5.40. The van der Waals surface area contributed by atoms with Crippen molar-refractivity contribution in [2.75, 3.05) is 21.2 Å². The highest BCUT2D eigenvalue weighted by atomic mass is 16.5. The van der Waals surface area contributed by atoms with Crippen molar-refractivity contribution in [3.63, 3.8) is 0 Å². The van der Waals surface area contributed by atoms with E-state index in [1.54, 1.807) is 0 Å². The smallest absolute Gasteiger partial charge is 0.354 e. The average Bonchev–Trinajstić information content (AvgIpc) is 2.44. The Bertz CT molecular complexity index is 367. The summed E-state index contributed by atoms with van der Waals surface area (Å²) in [6.45, 7) is 4.73. The van der Waals surface area contributed by atoms with Crippen LogP contribution in [0.15, 0.2) is 0 Å². The number of rotatable bonds is 3. The minimum absolute atomic E-state index is 0.305. The molecule has 1 heterocycles. The molecule has 4 heteroatoms. The molecular weight excluding hydrogens is 192 g/mol. The van der Waals surface area contributed by atoms with E-state index in [9.17, 15) is 4.79 Å². The number of H-pyrrole nitrogens is 1. The molecule has 0 atom stereocenters. The first-order chi connectivity index (χ1) is 6.97. The first kappa shape index (κ1) is 11.8. The van der Waals surface area contributed by atoms with Crippen LogP contribution in [-0.4, -0.2) is 37.1 Å². The van der Waals surface area contributed by atoms with E-state index in [1.165, 1.54) is 12.7 Å². The Morgan fingerprint density at radius 2 is 2.00 bits per heavy atom. The minimum atomic E-state index is -0.305. The van der Waals surface area contributed by atoms with Crippen molar-refractivity contribution in [1.29, 1.82) is 0 Å². The monoisotopic (exact) mass is 210 g/mol. The van der Waals surface area contributed by atoms with Gasteiger partial charge in [-0.15, -0.1) is 0 Å². The second-order valence-electron chi connectivity index (χ2n) is 3.96. The second kappa shape index (κ2) is 4.49. The lowest BCUT2D eigenvalue weighted by Gasteiger charge is -2.10. The Morgan fingerprint density at radius 1 is 1.40 bits per heavy atom. The molecule has 0 saturated carbocycles. The molecular formula is C11H18N2O2. The predicted octanol–water partition coefficient (Wildman–Crippen LogP) is 1.48. The van der Waals surface area contributed by atoms with Crippen LogP contribution in [0.5, 0.6) is 0 Å². The average molecular weight is 210 g/mol. The van der Waals surface area contributed by atoms with E-state index in [-0.39, 0.29) is 5.97 Å². The molecule has 0 aliphatic carbocycles. The Kier molecular flexibility index (Phi) is 3.52. The Morgan fingerprint density at radius 3 is 2.47 bits per heavy atom. The van der Waals surface area contributed by atoms with E-state index < -0.39 is 0 Å². The van der Waals surface area contributed by atoms with Gasteiger partial charge in [0.25, 0.3) is 0 Å². The van der Waals surface area contributed by atoms with Gasteiger partial charge in [0.2, 0.25) is 0 Å². The van der Waals surface area contributed by atoms with Gasteiger partial charge in [-0.1, -0.05) is 0 Å². The zero-order valence-electron chi connectivity index (χ0n) is 9.97. The maximum atomic E-state index is 11.4. The summed E-state index contributed by atoms with van der Waals surface area (Å²) in [5.41, 5.74) is 3.74. The topological polar surface area (TPSA) is 45.3 Å². The molecule has 0 unspecified atom stereocenters. The number of nitrogens with one attached hydrogen (secondary N) is 1. The first-order valence-corrected chi connectivity index (χ1v) is 4.88. The van der Waals surface area contributed by atoms with Crippen molar-refractivity contribution < 1.29 is 9.53 Å². The van der Waals surface area contributed by atoms with Crippen molar-refractivity contribution in [2.45, 2.75) is 20.4 Å². The highest BCUT2D eigenvalue weighted by Crippen LogP contribution is 2.19. The maximum absolute atomic E-state index is 11.4. The lowest BCUT2D eigenvalue weighted by atomic mass is 10.1. The fraction of sp³-hybridized carbons (Fsp3) is 0.545. The lowest BCUT2D eigenvalue weighted by molar-refractivity contribution is 0.0594. The quantitative estimate of drug-likeness (QED) is 0.769. The van der Waals surface area contributed by atoms with Gasteiger partial charge in [0.15, 0.2) is 0 Å². The highest BCUT2D eigenvalue weighted by Gasteiger charge is 2.17. The number of esters is 1. The molecule has 0 bridgehead atoms. The summed E-state index contributed by atoms with van der Waals surface area (Å²) in [6, 6.07) is 0. The Labute approximate surface area is 90.2 Å². The van der Waals surface area contributed by atoms with Gasteiger partial charge in [-0.2, -0.15) is 0 Å². The van der Waals surface area contributed by atoms with Crippen LogP contribution in [0.4, 0.5) is 0 Å². The number of nitrogens with zero attached hydrogens (tertiary/aromatic N) is 1. The number of carbonyl (C=O) groups excluding carboxylic acids is 1. The summed E-state index contributed by atoms with van der Waals surface area (Å²) < 4.78 is 4.71. The van der Waals surface area contributed by atoms with Gasteiger partial charge in [-0.05, 0) is 39.1 Å². The standard InChI is InChI=1S/C11H18N2O2/c1-7-9(6-13(3)4)8(2)12-10(7)11(14)15-5/h12H,6H2,1-5H3. The minimum Gasteiger partial charge on any atom is -0.464 e. The van der Waals surface area contributed by atoms with Crippen LogP contribution >= 0.6 is 0 Å². The number of hydrogen-bond acceptors (Lipinski definition) is 3. The van der Waals surface area contributed by atoms with E-state index in [4.69, 9.17) is 4.74 Å². The van der Waals surface area contributed by atoms with Crippen LogP contribution in [0.1, 0.15) is 27.3 Å². The summed E-state index contributed by atoms with van der Waals surface area (Å²) in [6.07, 6.45) is 0. The third kappa shape index (κ3) is 2.39. The zero-order chi connectivity index (χ0) is 11.6. The van der Waals surface area contributed by atoms with Gasteiger partial charge >= 0.3 is 5.97 Å². The predicted molar refractivity (Wildman–Crippen MR) is 59.0 cm³/mol. The summed E-state index contributed by atoms with van der Waals surface area (Å²) in [4.78, 5) is 16.6. The number of ether oxygens (including phenoxy) is 1. The van der Waals surface area contributed by atoms with Crippen molar-refractivity contribution in [3.05, 3.63) is 22.5 Å². The molecule has 0 spiro atoms. The van der Waals surface area contributed by atoms with Gasteiger partial charge in [0.1, 0.15) is 5.69 Å². The summed E-state index contributed by atoms with van der Waals surface area (Å²) in [5.74, 6) is -0.305. The molecule has 0 amide bonds. The molecule has 84 valence electrons. The molecule has 1 aromatic rings. The van der Waals surface area contributed by atoms with E-state index in [0.717, 1.165) is 17.8 Å². The molecule has 15 heavy (non-hydrogen) atoms. The zero-order valence-corrected chi connectivity index (χ0v) is 9.97. The van der Waals surface area contributed by atoms with Gasteiger partial charge in [-0.25, -0.2) is 4.79 Å². The fourth-order valence-electron chi connectivity index (χ4n) is 1.65. The summed E-state index contributed by atoms with van der Waals surface area (Å²) in [5, 5.41) is 0. The number of aryl methyl sites for hydroxylation is 1. The van der Waals surface area contributed by atoms with E-state index >= 15 is 0 Å². The number of methoxy groups -OCH3 is 1. The van der Waals surface area contributed by atoms with Crippen LogP contribution in [0.3, 0.4) is 0 Å². The maximum Gasteiger partial charge on any atom is 0.354 e. The molecule has 0 saturated heterocycles. The third-order valence-electron chi connectivity index (χ3n) is 2.46. The molecule has 1 rings (SSSR count). The van der Waals surface area contributed by atoms with Crippen LogP contribution in [0.25, 0.3) is 0 Å². The first-order valence-electron chi connectivity index (χ1n) is 4.88. The van der Waals surface area contributed by atoms with Gasteiger partial charge in [0, 0.05) is 12.2 Å². The van der Waals surface area contributed by atoms with Crippen molar-refractivity contribution in [2.24, 2.45) is 0 Å². The molecule has 1 aromatic heterocycles. The van der Waals surface area contributed by atoms with Crippen molar-refractivity contribution >= 4 is 5.97 Å².